The van der Waals surface area contributed by atoms with Crippen LogP contribution in [-0.2, 0) is 0 Å². The maximum atomic E-state index is 13.3. The molecule has 164 valence electrons. The van der Waals surface area contributed by atoms with Gasteiger partial charge in [-0.1, -0.05) is 55.7 Å². The van der Waals surface area contributed by atoms with Gasteiger partial charge in [-0.15, -0.1) is 0 Å². The van der Waals surface area contributed by atoms with Gasteiger partial charge in [-0.05, 0) is 48.1 Å². The molecule has 2 amide bonds. The van der Waals surface area contributed by atoms with Gasteiger partial charge in [0.25, 0.3) is 0 Å². The second-order valence-electron chi connectivity index (χ2n) is 9.38. The third-order valence-electron chi connectivity index (χ3n) is 7.65. The minimum atomic E-state index is 0.00982. The highest BCUT2D eigenvalue weighted by atomic mass is 16.3. The van der Waals surface area contributed by atoms with Gasteiger partial charge in [-0.25, -0.2) is 4.79 Å². The topological polar surface area (TPSA) is 55.8 Å². The van der Waals surface area contributed by atoms with Crippen molar-refractivity contribution in [3.63, 3.8) is 0 Å². The van der Waals surface area contributed by atoms with E-state index in [2.05, 4.69) is 59.7 Å². The number of likely N-dealkylation sites (tertiary alicyclic amines) is 1. The number of amides is 2. The van der Waals surface area contributed by atoms with Crippen molar-refractivity contribution in [1.29, 1.82) is 0 Å². The molecule has 31 heavy (non-hydrogen) atoms. The van der Waals surface area contributed by atoms with Crippen molar-refractivity contribution in [3.05, 3.63) is 54.1 Å². The minimum Gasteiger partial charge on any atom is -0.394 e. The SMILES string of the molecule is CN1c2ccc(-c3ccccc3)cc2[C@@H]2[C@@H](CCN2C(=O)NC2CCCCC2)[C@H]1CO. The maximum Gasteiger partial charge on any atom is 0.318 e. The number of likely N-dealkylation sites (N-methyl/N-ethyl adjacent to an activating group) is 1. The average Bonchev–Trinajstić information content (AvgIpc) is 3.26. The van der Waals surface area contributed by atoms with Crippen LogP contribution in [0.1, 0.15) is 50.1 Å². The third kappa shape index (κ3) is 3.69. The fraction of sp³-hybridized carbons (Fsp3) is 0.500. The summed E-state index contributed by atoms with van der Waals surface area (Å²) in [6.45, 7) is 0.850. The number of carbonyl (C=O) groups excluding carboxylic acids is 1. The average molecular weight is 420 g/mol. The van der Waals surface area contributed by atoms with Gasteiger partial charge >= 0.3 is 6.03 Å². The Morgan fingerprint density at radius 2 is 1.81 bits per heavy atom. The molecule has 0 radical (unpaired) electrons. The molecule has 2 aromatic rings. The molecule has 0 bridgehead atoms. The van der Waals surface area contributed by atoms with Gasteiger partial charge in [0.15, 0.2) is 0 Å². The fourth-order valence-corrected chi connectivity index (χ4v) is 6.00. The van der Waals surface area contributed by atoms with Crippen molar-refractivity contribution in [1.82, 2.24) is 10.2 Å². The molecule has 3 atom stereocenters. The second-order valence-corrected chi connectivity index (χ2v) is 9.38. The molecule has 3 aliphatic rings. The molecular formula is C26H33N3O2. The molecule has 1 saturated heterocycles. The van der Waals surface area contributed by atoms with Gasteiger partial charge in [-0.3, -0.25) is 0 Å². The van der Waals surface area contributed by atoms with Crippen LogP contribution >= 0.6 is 0 Å². The Bertz CT molecular complexity index is 926. The lowest BCUT2D eigenvalue weighted by molar-refractivity contribution is 0.156. The van der Waals surface area contributed by atoms with Crippen molar-refractivity contribution in [3.8, 4) is 11.1 Å². The van der Waals surface area contributed by atoms with Gasteiger partial charge < -0.3 is 20.2 Å². The summed E-state index contributed by atoms with van der Waals surface area (Å²) in [4.78, 5) is 17.6. The normalized spacial score (nSPS) is 25.8. The molecule has 2 fully saturated rings. The number of anilines is 1. The van der Waals surface area contributed by atoms with E-state index < -0.39 is 0 Å². The van der Waals surface area contributed by atoms with Crippen molar-refractivity contribution in [2.75, 3.05) is 25.1 Å². The Hall–Kier alpha value is -2.53. The van der Waals surface area contributed by atoms with E-state index in [1.807, 2.05) is 11.0 Å². The first-order chi connectivity index (χ1) is 15.2. The molecule has 5 nitrogen and oxygen atoms in total. The zero-order valence-corrected chi connectivity index (χ0v) is 18.3. The summed E-state index contributed by atoms with van der Waals surface area (Å²) >= 11 is 0. The molecule has 0 unspecified atom stereocenters. The Morgan fingerprint density at radius 3 is 2.55 bits per heavy atom. The number of hydrogen-bond donors (Lipinski definition) is 2. The summed E-state index contributed by atoms with van der Waals surface area (Å²) in [6, 6.07) is 17.4. The van der Waals surface area contributed by atoms with E-state index in [1.165, 1.54) is 36.0 Å². The van der Waals surface area contributed by atoms with E-state index in [-0.39, 0.29) is 30.6 Å². The lowest BCUT2D eigenvalue weighted by atomic mass is 9.81. The summed E-state index contributed by atoms with van der Waals surface area (Å²) in [5.41, 5.74) is 4.69. The quantitative estimate of drug-likeness (QED) is 0.766. The van der Waals surface area contributed by atoms with E-state index in [9.17, 15) is 9.90 Å². The molecule has 1 aliphatic carbocycles. The number of aliphatic hydroxyl groups is 1. The monoisotopic (exact) mass is 419 g/mol. The van der Waals surface area contributed by atoms with E-state index in [0.717, 1.165) is 31.5 Å². The number of fused-ring (bicyclic) bond motifs is 3. The van der Waals surface area contributed by atoms with E-state index in [0.29, 0.717) is 6.04 Å². The number of carbonyl (C=O) groups is 1. The van der Waals surface area contributed by atoms with Crippen LogP contribution in [0.25, 0.3) is 11.1 Å². The highest BCUT2D eigenvalue weighted by Crippen LogP contribution is 2.49. The van der Waals surface area contributed by atoms with Gasteiger partial charge in [-0.2, -0.15) is 0 Å². The standard InChI is InChI=1S/C26H33N3O2/c1-28-23-13-12-19(18-8-4-2-5-9-18)16-22(23)25-21(24(28)17-30)14-15-29(25)26(31)27-20-10-6-3-7-11-20/h2,4-5,8-9,12-13,16,20-21,24-25,30H,3,6-7,10-11,14-15,17H2,1H3,(H,27,31)/t21-,24+,25-/m0/s1. The van der Waals surface area contributed by atoms with Gasteiger partial charge in [0.2, 0.25) is 0 Å². The number of rotatable bonds is 3. The number of nitrogens with one attached hydrogen (secondary N) is 1. The number of nitrogens with zero attached hydrogens (tertiary/aromatic N) is 2. The maximum absolute atomic E-state index is 13.3. The van der Waals surface area contributed by atoms with Gasteiger partial charge in [0.05, 0.1) is 18.7 Å². The van der Waals surface area contributed by atoms with Crippen molar-refractivity contribution in [2.24, 2.45) is 5.92 Å². The highest BCUT2D eigenvalue weighted by molar-refractivity contribution is 5.78. The number of hydrogen-bond acceptors (Lipinski definition) is 3. The van der Waals surface area contributed by atoms with Crippen molar-refractivity contribution >= 4 is 11.7 Å². The molecule has 2 heterocycles. The summed E-state index contributed by atoms with van der Waals surface area (Å²) < 4.78 is 0. The van der Waals surface area contributed by atoms with Crippen LogP contribution in [-0.4, -0.2) is 48.3 Å². The third-order valence-corrected chi connectivity index (χ3v) is 7.65. The molecule has 2 N–H and O–H groups in total. The van der Waals surface area contributed by atoms with E-state index in [1.54, 1.807) is 0 Å². The molecule has 2 aliphatic heterocycles. The largest absolute Gasteiger partial charge is 0.394 e. The number of aliphatic hydroxyl groups excluding tert-OH is 1. The number of benzene rings is 2. The molecular weight excluding hydrogens is 386 g/mol. The zero-order valence-electron chi connectivity index (χ0n) is 18.3. The van der Waals surface area contributed by atoms with Crippen LogP contribution < -0.4 is 10.2 Å². The van der Waals surface area contributed by atoms with Crippen LogP contribution in [0.4, 0.5) is 10.5 Å². The molecule has 5 heteroatoms. The van der Waals surface area contributed by atoms with Crippen LogP contribution in [0.2, 0.25) is 0 Å². The van der Waals surface area contributed by atoms with Crippen LogP contribution in [0.5, 0.6) is 0 Å². The predicted molar refractivity (Wildman–Crippen MR) is 124 cm³/mol. The Labute approximate surface area is 185 Å². The molecule has 2 aromatic carbocycles. The lowest BCUT2D eigenvalue weighted by Gasteiger charge is -2.44. The van der Waals surface area contributed by atoms with Crippen molar-refractivity contribution < 1.29 is 9.90 Å². The zero-order chi connectivity index (χ0) is 21.4. The molecule has 5 rings (SSSR count). The van der Waals surface area contributed by atoms with E-state index >= 15 is 0 Å². The summed E-state index contributed by atoms with van der Waals surface area (Å²) in [5, 5.41) is 13.5. The van der Waals surface area contributed by atoms with Crippen molar-refractivity contribution in [2.45, 2.75) is 56.7 Å². The van der Waals surface area contributed by atoms with E-state index in [4.69, 9.17) is 0 Å². The van der Waals surface area contributed by atoms with Crippen LogP contribution in [0.15, 0.2) is 48.5 Å². The number of urea groups is 1. The smallest absolute Gasteiger partial charge is 0.318 e. The minimum absolute atomic E-state index is 0.00982. The Morgan fingerprint density at radius 1 is 1.03 bits per heavy atom. The Kier molecular flexibility index (Phi) is 5.61. The first kappa shape index (κ1) is 20.4. The summed E-state index contributed by atoms with van der Waals surface area (Å²) in [5.74, 6) is 0.241. The highest BCUT2D eigenvalue weighted by Gasteiger charge is 2.47. The van der Waals surface area contributed by atoms with Gasteiger partial charge in [0.1, 0.15) is 0 Å². The molecule has 1 saturated carbocycles. The second kappa shape index (κ2) is 8.54. The van der Waals surface area contributed by atoms with Crippen LogP contribution in [0, 0.1) is 5.92 Å². The first-order valence-electron chi connectivity index (χ1n) is 11.8. The summed E-state index contributed by atoms with van der Waals surface area (Å²) in [7, 11) is 2.07. The molecule has 0 aromatic heterocycles. The Balaban J connectivity index is 1.50. The summed E-state index contributed by atoms with van der Waals surface area (Å²) in [6.07, 6.45) is 6.79. The lowest BCUT2D eigenvalue weighted by Crippen LogP contribution is -2.50. The molecule has 0 spiro atoms. The van der Waals surface area contributed by atoms with Gasteiger partial charge in [0, 0.05) is 31.2 Å². The predicted octanol–water partition coefficient (Wildman–Crippen LogP) is 4.57. The van der Waals surface area contributed by atoms with Crippen LogP contribution in [0.3, 0.4) is 0 Å². The first-order valence-corrected chi connectivity index (χ1v) is 11.8. The fourth-order valence-electron chi connectivity index (χ4n) is 6.00.